The fourth-order valence-electron chi connectivity index (χ4n) is 2.40. The molecule has 1 atom stereocenters. The van der Waals surface area contributed by atoms with Crippen molar-refractivity contribution in [1.82, 2.24) is 4.98 Å². The second kappa shape index (κ2) is 4.95. The zero-order valence-corrected chi connectivity index (χ0v) is 9.58. The monoisotopic (exact) mass is 224 g/mol. The predicted octanol–water partition coefficient (Wildman–Crippen LogP) is 3.32. The van der Waals surface area contributed by atoms with Crippen molar-refractivity contribution in [2.45, 2.75) is 38.1 Å². The first-order valence-corrected chi connectivity index (χ1v) is 6.02. The topological polar surface area (TPSA) is 38.9 Å². The van der Waals surface area contributed by atoms with Crippen LogP contribution in [0.2, 0.25) is 5.02 Å². The van der Waals surface area contributed by atoms with Crippen LogP contribution in [-0.4, -0.2) is 4.98 Å². The quantitative estimate of drug-likeness (QED) is 0.837. The van der Waals surface area contributed by atoms with Crippen LogP contribution < -0.4 is 5.73 Å². The normalized spacial score (nSPS) is 20.1. The smallest absolute Gasteiger partial charge is 0.0637 e. The lowest BCUT2D eigenvalue weighted by atomic mass is 9.82. The second-order valence-electron chi connectivity index (χ2n) is 4.32. The average Bonchev–Trinajstić information content (AvgIpc) is 2.30. The van der Waals surface area contributed by atoms with Gasteiger partial charge in [-0.15, -0.1) is 0 Å². The molecule has 1 aliphatic carbocycles. The Kier molecular flexibility index (Phi) is 3.60. The number of halogens is 1. The molecule has 0 saturated heterocycles. The highest BCUT2D eigenvalue weighted by molar-refractivity contribution is 6.31. The van der Waals surface area contributed by atoms with Crippen LogP contribution in [-0.2, 0) is 0 Å². The Morgan fingerprint density at radius 3 is 2.73 bits per heavy atom. The van der Waals surface area contributed by atoms with E-state index in [-0.39, 0.29) is 6.04 Å². The van der Waals surface area contributed by atoms with Gasteiger partial charge in [-0.25, -0.2) is 0 Å². The highest BCUT2D eigenvalue weighted by atomic mass is 35.5. The van der Waals surface area contributed by atoms with Crippen LogP contribution in [0.1, 0.15) is 43.7 Å². The number of nitrogens with two attached hydrogens (primary N) is 1. The van der Waals surface area contributed by atoms with Gasteiger partial charge in [0, 0.05) is 18.4 Å². The van der Waals surface area contributed by atoms with Gasteiger partial charge in [-0.3, -0.25) is 4.98 Å². The molecule has 1 aromatic rings. The summed E-state index contributed by atoms with van der Waals surface area (Å²) in [5.41, 5.74) is 7.31. The zero-order chi connectivity index (χ0) is 10.7. The third kappa shape index (κ3) is 2.50. The van der Waals surface area contributed by atoms with Crippen LogP contribution in [0.3, 0.4) is 0 Å². The SMILES string of the molecule is N[C@@H](c1ccncc1Cl)C1CCCCC1. The van der Waals surface area contributed by atoms with Crippen LogP contribution in [0.15, 0.2) is 18.5 Å². The van der Waals surface area contributed by atoms with Crippen molar-refractivity contribution in [3.8, 4) is 0 Å². The van der Waals surface area contributed by atoms with Crippen molar-refractivity contribution < 1.29 is 0 Å². The number of aromatic nitrogens is 1. The molecule has 0 radical (unpaired) electrons. The molecule has 0 amide bonds. The van der Waals surface area contributed by atoms with Gasteiger partial charge in [-0.2, -0.15) is 0 Å². The second-order valence-corrected chi connectivity index (χ2v) is 4.73. The van der Waals surface area contributed by atoms with Gasteiger partial charge >= 0.3 is 0 Å². The Morgan fingerprint density at radius 1 is 1.33 bits per heavy atom. The molecule has 0 unspecified atom stereocenters. The molecule has 0 aromatic carbocycles. The largest absolute Gasteiger partial charge is 0.324 e. The van der Waals surface area contributed by atoms with Gasteiger partial charge in [-0.05, 0) is 30.4 Å². The summed E-state index contributed by atoms with van der Waals surface area (Å²) >= 11 is 6.10. The summed E-state index contributed by atoms with van der Waals surface area (Å²) in [7, 11) is 0. The lowest BCUT2D eigenvalue weighted by Gasteiger charge is -2.28. The summed E-state index contributed by atoms with van der Waals surface area (Å²) in [6.45, 7) is 0. The number of nitrogens with zero attached hydrogens (tertiary/aromatic N) is 1. The van der Waals surface area contributed by atoms with E-state index >= 15 is 0 Å². The molecule has 2 rings (SSSR count). The van der Waals surface area contributed by atoms with Crippen LogP contribution >= 0.6 is 11.6 Å². The summed E-state index contributed by atoms with van der Waals surface area (Å²) in [6, 6.07) is 2.03. The van der Waals surface area contributed by atoms with Gasteiger partial charge in [0.2, 0.25) is 0 Å². The first kappa shape index (κ1) is 10.9. The molecule has 2 N–H and O–H groups in total. The minimum Gasteiger partial charge on any atom is -0.324 e. The van der Waals surface area contributed by atoms with Crippen molar-refractivity contribution in [2.75, 3.05) is 0 Å². The van der Waals surface area contributed by atoms with Crippen molar-refractivity contribution in [3.05, 3.63) is 29.0 Å². The van der Waals surface area contributed by atoms with Crippen molar-refractivity contribution in [3.63, 3.8) is 0 Å². The number of pyridine rings is 1. The van der Waals surface area contributed by atoms with Gasteiger partial charge in [0.1, 0.15) is 0 Å². The fraction of sp³-hybridized carbons (Fsp3) is 0.583. The maximum Gasteiger partial charge on any atom is 0.0637 e. The van der Waals surface area contributed by atoms with E-state index in [0.717, 1.165) is 5.56 Å². The molecule has 1 saturated carbocycles. The number of hydrogen-bond acceptors (Lipinski definition) is 2. The molecular formula is C12H17ClN2. The summed E-state index contributed by atoms with van der Waals surface area (Å²) < 4.78 is 0. The predicted molar refractivity (Wildman–Crippen MR) is 62.8 cm³/mol. The Morgan fingerprint density at radius 2 is 2.07 bits per heavy atom. The third-order valence-electron chi connectivity index (χ3n) is 3.32. The van der Waals surface area contributed by atoms with Crippen LogP contribution in [0.4, 0.5) is 0 Å². The minimum absolute atomic E-state index is 0.0841. The lowest BCUT2D eigenvalue weighted by Crippen LogP contribution is -2.23. The fourth-order valence-corrected chi connectivity index (χ4v) is 2.65. The molecule has 1 heterocycles. The van der Waals surface area contributed by atoms with Gasteiger partial charge in [-0.1, -0.05) is 30.9 Å². The van der Waals surface area contributed by atoms with Crippen LogP contribution in [0.5, 0.6) is 0 Å². The first-order valence-electron chi connectivity index (χ1n) is 5.64. The van der Waals surface area contributed by atoms with Gasteiger partial charge in [0.25, 0.3) is 0 Å². The minimum atomic E-state index is 0.0841. The molecule has 3 heteroatoms. The molecule has 0 bridgehead atoms. The molecule has 82 valence electrons. The van der Waals surface area contributed by atoms with E-state index in [2.05, 4.69) is 4.98 Å². The lowest BCUT2D eigenvalue weighted by molar-refractivity contribution is 0.308. The Labute approximate surface area is 95.8 Å². The van der Waals surface area contributed by atoms with E-state index < -0.39 is 0 Å². The van der Waals surface area contributed by atoms with E-state index in [0.29, 0.717) is 10.9 Å². The average molecular weight is 225 g/mol. The van der Waals surface area contributed by atoms with Gasteiger partial charge < -0.3 is 5.73 Å². The Hall–Kier alpha value is -0.600. The molecule has 2 nitrogen and oxygen atoms in total. The maximum absolute atomic E-state index is 6.26. The summed E-state index contributed by atoms with van der Waals surface area (Å²) in [6.07, 6.45) is 9.89. The molecule has 0 spiro atoms. The Balaban J connectivity index is 2.12. The molecule has 15 heavy (non-hydrogen) atoms. The standard InChI is InChI=1S/C12H17ClN2/c13-11-8-15-7-6-10(11)12(14)9-4-2-1-3-5-9/h6-9,12H,1-5,14H2/t12-/m1/s1. The van der Waals surface area contributed by atoms with Crippen molar-refractivity contribution in [1.29, 1.82) is 0 Å². The molecule has 1 fully saturated rings. The van der Waals surface area contributed by atoms with Crippen LogP contribution in [0.25, 0.3) is 0 Å². The van der Waals surface area contributed by atoms with Crippen molar-refractivity contribution >= 4 is 11.6 Å². The van der Waals surface area contributed by atoms with E-state index in [1.165, 1.54) is 32.1 Å². The number of rotatable bonds is 2. The van der Waals surface area contributed by atoms with E-state index in [4.69, 9.17) is 17.3 Å². The molecule has 1 aliphatic rings. The van der Waals surface area contributed by atoms with Gasteiger partial charge in [0.15, 0.2) is 0 Å². The van der Waals surface area contributed by atoms with E-state index in [9.17, 15) is 0 Å². The molecule has 0 aliphatic heterocycles. The Bertz CT molecular complexity index is 321. The summed E-state index contributed by atoms with van der Waals surface area (Å²) in [5.74, 6) is 0.596. The summed E-state index contributed by atoms with van der Waals surface area (Å²) in [5, 5.41) is 0.704. The third-order valence-corrected chi connectivity index (χ3v) is 3.64. The molecular weight excluding hydrogens is 208 g/mol. The highest BCUT2D eigenvalue weighted by Crippen LogP contribution is 2.34. The maximum atomic E-state index is 6.26. The van der Waals surface area contributed by atoms with E-state index in [1.807, 2.05) is 6.07 Å². The summed E-state index contributed by atoms with van der Waals surface area (Å²) in [4.78, 5) is 3.98. The van der Waals surface area contributed by atoms with Crippen molar-refractivity contribution in [2.24, 2.45) is 11.7 Å². The van der Waals surface area contributed by atoms with E-state index in [1.54, 1.807) is 12.4 Å². The zero-order valence-electron chi connectivity index (χ0n) is 8.82. The number of hydrogen-bond donors (Lipinski definition) is 1. The molecule has 1 aromatic heterocycles. The van der Waals surface area contributed by atoms with Crippen LogP contribution in [0, 0.1) is 5.92 Å². The first-order chi connectivity index (χ1) is 7.29. The highest BCUT2D eigenvalue weighted by Gasteiger charge is 2.23. The van der Waals surface area contributed by atoms with Gasteiger partial charge in [0.05, 0.1) is 5.02 Å².